The Labute approximate surface area is 83.5 Å². The molecule has 1 rings (SSSR count). The summed E-state index contributed by atoms with van der Waals surface area (Å²) >= 11 is 3.26. The average Bonchev–Trinajstić information content (AvgIpc) is 2.05. The number of nitrogens with two attached hydrogens (primary N) is 1. The molecule has 70 valence electrons. The summed E-state index contributed by atoms with van der Waals surface area (Å²) in [5.74, 6) is -0.525. The van der Waals surface area contributed by atoms with Gasteiger partial charge in [0.1, 0.15) is 6.54 Å². The number of pyridine rings is 1. The van der Waals surface area contributed by atoms with Crippen molar-refractivity contribution in [2.24, 2.45) is 5.73 Å². The molecule has 0 atom stereocenters. The topological polar surface area (TPSA) is 65.1 Å². The molecule has 0 aromatic carbocycles. The fraction of sp³-hybridized carbons (Fsp3) is 0.250. The van der Waals surface area contributed by atoms with Crippen LogP contribution in [0.1, 0.15) is 5.69 Å². The molecule has 4 nitrogen and oxygen atoms in total. The quantitative estimate of drug-likeness (QED) is 0.819. The highest BCUT2D eigenvalue weighted by Gasteiger charge is 2.05. The number of hydrogen-bond acceptors (Lipinski definition) is 2. The van der Waals surface area contributed by atoms with Crippen molar-refractivity contribution < 1.29 is 4.79 Å². The molecule has 0 spiro atoms. The van der Waals surface area contributed by atoms with E-state index >= 15 is 0 Å². The second-order valence-corrected chi connectivity index (χ2v) is 3.51. The molecule has 1 aromatic heterocycles. The lowest BCUT2D eigenvalue weighted by Gasteiger charge is -2.07. The number of primary amides is 1. The Morgan fingerprint density at radius 1 is 1.62 bits per heavy atom. The third kappa shape index (κ3) is 2.18. The number of aromatic nitrogens is 1. The number of nitrogens with zero attached hydrogens (tertiary/aromatic N) is 1. The molecular formula is C8H9BrN2O2. The molecule has 0 aliphatic rings. The minimum atomic E-state index is -0.525. The summed E-state index contributed by atoms with van der Waals surface area (Å²) in [5, 5.41) is 0. The van der Waals surface area contributed by atoms with E-state index in [0.29, 0.717) is 5.69 Å². The second kappa shape index (κ2) is 3.74. The summed E-state index contributed by atoms with van der Waals surface area (Å²) < 4.78 is 2.11. The highest BCUT2D eigenvalue weighted by Crippen LogP contribution is 2.12. The van der Waals surface area contributed by atoms with E-state index in [9.17, 15) is 9.59 Å². The van der Waals surface area contributed by atoms with Crippen LogP contribution >= 0.6 is 15.9 Å². The van der Waals surface area contributed by atoms with Crippen molar-refractivity contribution in [2.75, 3.05) is 0 Å². The molecule has 0 fully saturated rings. The van der Waals surface area contributed by atoms with E-state index in [1.54, 1.807) is 13.0 Å². The summed E-state index contributed by atoms with van der Waals surface area (Å²) in [6, 6.07) is 3.04. The molecule has 0 aliphatic heterocycles. The van der Waals surface area contributed by atoms with Crippen molar-refractivity contribution in [1.82, 2.24) is 4.57 Å². The van der Waals surface area contributed by atoms with Gasteiger partial charge in [-0.3, -0.25) is 9.59 Å². The number of carbonyl (C=O) groups is 1. The molecule has 1 amide bonds. The monoisotopic (exact) mass is 244 g/mol. The molecular weight excluding hydrogens is 236 g/mol. The van der Waals surface area contributed by atoms with Crippen molar-refractivity contribution in [1.29, 1.82) is 0 Å². The number of carbonyl (C=O) groups excluding carboxylic acids is 1. The van der Waals surface area contributed by atoms with Crippen LogP contribution in [0.4, 0.5) is 0 Å². The van der Waals surface area contributed by atoms with Gasteiger partial charge < -0.3 is 10.3 Å². The first-order valence-corrected chi connectivity index (χ1v) is 4.46. The van der Waals surface area contributed by atoms with Crippen molar-refractivity contribution >= 4 is 21.8 Å². The first-order valence-electron chi connectivity index (χ1n) is 3.66. The summed E-state index contributed by atoms with van der Waals surface area (Å²) in [4.78, 5) is 21.9. The molecule has 0 bridgehead atoms. The first kappa shape index (κ1) is 9.98. The Balaban J connectivity index is 3.25. The van der Waals surface area contributed by atoms with Crippen molar-refractivity contribution in [3.63, 3.8) is 0 Å². The van der Waals surface area contributed by atoms with E-state index in [1.165, 1.54) is 10.6 Å². The fourth-order valence-corrected chi connectivity index (χ4v) is 1.35. The molecule has 5 heteroatoms. The Morgan fingerprint density at radius 3 is 2.77 bits per heavy atom. The Bertz CT molecular complexity index is 398. The van der Waals surface area contributed by atoms with Gasteiger partial charge in [-0.2, -0.15) is 0 Å². The molecule has 0 saturated carbocycles. The van der Waals surface area contributed by atoms with Gasteiger partial charge in [0.15, 0.2) is 0 Å². The van der Waals surface area contributed by atoms with Gasteiger partial charge in [-0.1, -0.05) is 0 Å². The van der Waals surface area contributed by atoms with Crippen molar-refractivity contribution in [3.8, 4) is 0 Å². The highest BCUT2D eigenvalue weighted by atomic mass is 79.9. The van der Waals surface area contributed by atoms with Crippen LogP contribution in [0.2, 0.25) is 0 Å². The molecule has 0 radical (unpaired) electrons. The van der Waals surface area contributed by atoms with Gasteiger partial charge in [0.2, 0.25) is 5.91 Å². The van der Waals surface area contributed by atoms with Gasteiger partial charge in [-0.25, -0.2) is 0 Å². The van der Waals surface area contributed by atoms with E-state index in [0.717, 1.165) is 4.47 Å². The minimum Gasteiger partial charge on any atom is -0.368 e. The number of halogens is 1. The molecule has 0 saturated heterocycles. The Kier molecular flexibility index (Phi) is 2.87. The molecule has 0 aliphatic carbocycles. The van der Waals surface area contributed by atoms with Crippen LogP contribution in [0.3, 0.4) is 0 Å². The SMILES string of the molecule is Cc1c(Br)ccc(=O)n1CC(N)=O. The molecule has 1 heterocycles. The van der Waals surface area contributed by atoms with Crippen molar-refractivity contribution in [3.05, 3.63) is 32.7 Å². The van der Waals surface area contributed by atoms with Crippen LogP contribution in [0.5, 0.6) is 0 Å². The molecule has 2 N–H and O–H groups in total. The lowest BCUT2D eigenvalue weighted by Crippen LogP contribution is -2.29. The number of amides is 1. The summed E-state index contributed by atoms with van der Waals surface area (Å²) in [5.41, 5.74) is 5.48. The van der Waals surface area contributed by atoms with Crippen molar-refractivity contribution in [2.45, 2.75) is 13.5 Å². The maximum Gasteiger partial charge on any atom is 0.251 e. The number of hydrogen-bond donors (Lipinski definition) is 1. The third-order valence-corrected chi connectivity index (χ3v) is 2.54. The zero-order chi connectivity index (χ0) is 10.0. The minimum absolute atomic E-state index is 0.0793. The maximum absolute atomic E-state index is 11.3. The zero-order valence-corrected chi connectivity index (χ0v) is 8.67. The van der Waals surface area contributed by atoms with Crippen LogP contribution in [0, 0.1) is 6.92 Å². The third-order valence-electron chi connectivity index (χ3n) is 1.70. The van der Waals surface area contributed by atoms with Gasteiger partial charge in [-0.15, -0.1) is 0 Å². The predicted octanol–water partition coefficient (Wildman–Crippen LogP) is 0.405. The lowest BCUT2D eigenvalue weighted by molar-refractivity contribution is -0.118. The molecule has 1 aromatic rings. The average molecular weight is 245 g/mol. The highest BCUT2D eigenvalue weighted by molar-refractivity contribution is 9.10. The second-order valence-electron chi connectivity index (χ2n) is 2.66. The van der Waals surface area contributed by atoms with E-state index in [-0.39, 0.29) is 12.1 Å². The van der Waals surface area contributed by atoms with Gasteiger partial charge in [0, 0.05) is 16.2 Å². The van der Waals surface area contributed by atoms with Crippen LogP contribution in [-0.2, 0) is 11.3 Å². The number of rotatable bonds is 2. The van der Waals surface area contributed by atoms with Crippen LogP contribution in [0.15, 0.2) is 21.4 Å². The van der Waals surface area contributed by atoms with Crippen LogP contribution in [-0.4, -0.2) is 10.5 Å². The van der Waals surface area contributed by atoms with E-state index < -0.39 is 5.91 Å². The fourth-order valence-electron chi connectivity index (χ4n) is 1.00. The largest absolute Gasteiger partial charge is 0.368 e. The summed E-state index contributed by atoms with van der Waals surface area (Å²) in [7, 11) is 0. The molecule has 0 unspecified atom stereocenters. The standard InChI is InChI=1S/C8H9BrN2O2/c1-5-6(9)2-3-8(13)11(5)4-7(10)12/h2-3H,4H2,1H3,(H2,10,12). The van der Waals surface area contributed by atoms with Gasteiger partial charge in [0.05, 0.1) is 0 Å². The summed E-state index contributed by atoms with van der Waals surface area (Å²) in [6.07, 6.45) is 0. The van der Waals surface area contributed by atoms with Crippen LogP contribution in [0.25, 0.3) is 0 Å². The van der Waals surface area contributed by atoms with E-state index in [4.69, 9.17) is 5.73 Å². The van der Waals surface area contributed by atoms with E-state index in [2.05, 4.69) is 15.9 Å². The van der Waals surface area contributed by atoms with Gasteiger partial charge in [-0.05, 0) is 28.9 Å². The zero-order valence-electron chi connectivity index (χ0n) is 7.08. The molecule has 13 heavy (non-hydrogen) atoms. The lowest BCUT2D eigenvalue weighted by atomic mass is 10.3. The van der Waals surface area contributed by atoms with Gasteiger partial charge >= 0.3 is 0 Å². The van der Waals surface area contributed by atoms with Crippen LogP contribution < -0.4 is 11.3 Å². The Morgan fingerprint density at radius 2 is 2.23 bits per heavy atom. The first-order chi connectivity index (χ1) is 6.02. The van der Waals surface area contributed by atoms with E-state index in [1.807, 2.05) is 0 Å². The summed E-state index contributed by atoms with van der Waals surface area (Å²) in [6.45, 7) is 1.67. The Hall–Kier alpha value is -1.10. The smallest absolute Gasteiger partial charge is 0.251 e. The predicted molar refractivity (Wildman–Crippen MR) is 52.3 cm³/mol. The van der Waals surface area contributed by atoms with Gasteiger partial charge in [0.25, 0.3) is 5.56 Å². The maximum atomic E-state index is 11.3. The normalized spacial score (nSPS) is 10.0.